The van der Waals surface area contributed by atoms with Crippen LogP contribution in [0.5, 0.6) is 5.75 Å². The Morgan fingerprint density at radius 1 is 1.22 bits per heavy atom. The smallest absolute Gasteiger partial charge is 0.251 e. The summed E-state index contributed by atoms with van der Waals surface area (Å²) in [6.45, 7) is 2.50. The van der Waals surface area contributed by atoms with Gasteiger partial charge in [0.1, 0.15) is 17.4 Å². The number of H-pyrrole nitrogens is 1. The zero-order valence-corrected chi connectivity index (χ0v) is 16.6. The van der Waals surface area contributed by atoms with E-state index in [2.05, 4.69) is 38.1 Å². The van der Waals surface area contributed by atoms with Crippen LogP contribution in [0.1, 0.15) is 11.3 Å². The fraction of sp³-hybridized carbons (Fsp3) is 0.250. The van der Waals surface area contributed by atoms with E-state index in [-0.39, 0.29) is 5.56 Å². The number of nitrogens with one attached hydrogen (secondary N) is 1. The second-order valence-corrected chi connectivity index (χ2v) is 7.03. The van der Waals surface area contributed by atoms with E-state index in [9.17, 15) is 4.79 Å². The molecular formula is C20H22N4O2S. The molecule has 2 heterocycles. The normalized spacial score (nSPS) is 10.7. The molecule has 0 aliphatic carbocycles. The summed E-state index contributed by atoms with van der Waals surface area (Å²) in [7, 11) is 3.68. The van der Waals surface area contributed by atoms with Gasteiger partial charge in [0.15, 0.2) is 0 Å². The van der Waals surface area contributed by atoms with Gasteiger partial charge in [-0.25, -0.2) is 9.97 Å². The lowest BCUT2D eigenvalue weighted by atomic mass is 10.2. The van der Waals surface area contributed by atoms with Crippen molar-refractivity contribution in [3.05, 3.63) is 64.2 Å². The van der Waals surface area contributed by atoms with Gasteiger partial charge in [0.05, 0.1) is 7.11 Å². The van der Waals surface area contributed by atoms with Crippen LogP contribution in [0.4, 0.5) is 5.82 Å². The third-order valence-electron chi connectivity index (χ3n) is 4.15. The number of anilines is 1. The molecule has 0 saturated carbocycles. The molecule has 3 rings (SSSR count). The van der Waals surface area contributed by atoms with Crippen LogP contribution < -0.4 is 15.2 Å². The average Bonchev–Trinajstić information content (AvgIpc) is 2.67. The van der Waals surface area contributed by atoms with Crippen LogP contribution in [0.15, 0.2) is 52.3 Å². The lowest BCUT2D eigenvalue weighted by molar-refractivity contribution is 0.404. The van der Waals surface area contributed by atoms with Gasteiger partial charge in [-0.15, -0.1) is 11.8 Å². The van der Waals surface area contributed by atoms with Crippen molar-refractivity contribution in [1.29, 1.82) is 0 Å². The highest BCUT2D eigenvalue weighted by molar-refractivity contribution is 7.98. The second-order valence-electron chi connectivity index (χ2n) is 6.19. The molecule has 0 aliphatic rings. The molecule has 7 heteroatoms. The average molecular weight is 382 g/mol. The number of benzene rings is 1. The van der Waals surface area contributed by atoms with Gasteiger partial charge in [0.25, 0.3) is 5.56 Å². The molecule has 3 aromatic rings. The van der Waals surface area contributed by atoms with Crippen molar-refractivity contribution in [3.8, 4) is 17.1 Å². The number of thioether (sulfide) groups is 1. The molecule has 0 saturated heterocycles. The Balaban J connectivity index is 1.78. The lowest BCUT2D eigenvalue weighted by Gasteiger charge is -2.19. The molecule has 0 fully saturated rings. The molecule has 2 aromatic heterocycles. The molecule has 0 aliphatic heterocycles. The maximum atomic E-state index is 11.6. The fourth-order valence-corrected chi connectivity index (χ4v) is 3.35. The first-order valence-corrected chi connectivity index (χ1v) is 9.69. The number of pyridine rings is 1. The number of hydrogen-bond donors (Lipinski definition) is 1. The summed E-state index contributed by atoms with van der Waals surface area (Å²) in [5, 5.41) is 0. The molecule has 27 heavy (non-hydrogen) atoms. The van der Waals surface area contributed by atoms with Crippen LogP contribution in [0, 0.1) is 6.92 Å². The standard InChI is InChI=1S/C20H22N4O2S/c1-13-9-19(25)23-20(22-13)15-6-8-18(21-11-15)24(2)12-14-5-7-17(27-4)16(10-14)26-3/h5-11H,12H2,1-4H3,(H,22,23,25). The molecule has 1 aromatic carbocycles. The Labute approximate surface area is 162 Å². The number of aromatic nitrogens is 3. The topological polar surface area (TPSA) is 71.1 Å². The second kappa shape index (κ2) is 8.26. The van der Waals surface area contributed by atoms with Gasteiger partial charge in [-0.05, 0) is 43.0 Å². The Morgan fingerprint density at radius 2 is 2.04 bits per heavy atom. The Bertz CT molecular complexity index is 986. The van der Waals surface area contributed by atoms with Crippen molar-refractivity contribution in [1.82, 2.24) is 15.0 Å². The molecule has 0 amide bonds. The summed E-state index contributed by atoms with van der Waals surface area (Å²) in [6.07, 6.45) is 3.76. The van der Waals surface area contributed by atoms with E-state index >= 15 is 0 Å². The van der Waals surface area contributed by atoms with Gasteiger partial charge in [-0.2, -0.15) is 0 Å². The summed E-state index contributed by atoms with van der Waals surface area (Å²) < 4.78 is 5.46. The van der Waals surface area contributed by atoms with Crippen LogP contribution in [0.3, 0.4) is 0 Å². The van der Waals surface area contributed by atoms with Crippen molar-refractivity contribution in [2.24, 2.45) is 0 Å². The fourth-order valence-electron chi connectivity index (χ4n) is 2.80. The minimum absolute atomic E-state index is 0.165. The van der Waals surface area contributed by atoms with Crippen LogP contribution in [-0.2, 0) is 6.54 Å². The maximum absolute atomic E-state index is 11.6. The summed E-state index contributed by atoms with van der Waals surface area (Å²) in [6, 6.07) is 11.5. The van der Waals surface area contributed by atoms with Crippen molar-refractivity contribution in [2.45, 2.75) is 18.4 Å². The zero-order chi connectivity index (χ0) is 19.4. The Kier molecular flexibility index (Phi) is 5.81. The van der Waals surface area contributed by atoms with Crippen LogP contribution >= 0.6 is 11.8 Å². The first kappa shape index (κ1) is 19.0. The number of aryl methyl sites for hydroxylation is 1. The molecule has 0 unspecified atom stereocenters. The minimum Gasteiger partial charge on any atom is -0.496 e. The highest BCUT2D eigenvalue weighted by Crippen LogP contribution is 2.29. The number of hydrogen-bond acceptors (Lipinski definition) is 6. The van der Waals surface area contributed by atoms with E-state index < -0.39 is 0 Å². The summed E-state index contributed by atoms with van der Waals surface area (Å²) in [4.78, 5) is 26.4. The zero-order valence-electron chi connectivity index (χ0n) is 15.8. The quantitative estimate of drug-likeness (QED) is 0.658. The van der Waals surface area contributed by atoms with Crippen molar-refractivity contribution >= 4 is 17.6 Å². The Morgan fingerprint density at radius 3 is 2.67 bits per heavy atom. The molecule has 0 spiro atoms. The number of nitrogens with zero attached hydrogens (tertiary/aromatic N) is 3. The summed E-state index contributed by atoms with van der Waals surface area (Å²) in [5.74, 6) is 2.24. The van der Waals surface area contributed by atoms with Crippen molar-refractivity contribution in [3.63, 3.8) is 0 Å². The van der Waals surface area contributed by atoms with E-state index in [0.717, 1.165) is 27.6 Å². The highest BCUT2D eigenvalue weighted by Gasteiger charge is 2.09. The van der Waals surface area contributed by atoms with Gasteiger partial charge >= 0.3 is 0 Å². The van der Waals surface area contributed by atoms with E-state index in [1.54, 1.807) is 32.0 Å². The number of aromatic amines is 1. The molecule has 1 N–H and O–H groups in total. The van der Waals surface area contributed by atoms with E-state index in [1.807, 2.05) is 25.4 Å². The third kappa shape index (κ3) is 4.49. The van der Waals surface area contributed by atoms with E-state index in [1.165, 1.54) is 6.07 Å². The van der Waals surface area contributed by atoms with Gasteiger partial charge < -0.3 is 14.6 Å². The van der Waals surface area contributed by atoms with Gasteiger partial charge in [-0.1, -0.05) is 6.07 Å². The van der Waals surface area contributed by atoms with Gasteiger partial charge in [-0.3, -0.25) is 4.79 Å². The predicted octanol–water partition coefficient (Wildman–Crippen LogP) is 3.51. The highest BCUT2D eigenvalue weighted by atomic mass is 32.2. The SMILES string of the molecule is COc1cc(CN(C)c2ccc(-c3nc(C)cc(=O)[nH]3)cn2)ccc1SC. The minimum atomic E-state index is -0.165. The monoisotopic (exact) mass is 382 g/mol. The van der Waals surface area contributed by atoms with Gasteiger partial charge in [0.2, 0.25) is 0 Å². The third-order valence-corrected chi connectivity index (χ3v) is 4.93. The maximum Gasteiger partial charge on any atom is 0.251 e. The van der Waals surface area contributed by atoms with Gasteiger partial charge in [0, 0.05) is 42.0 Å². The van der Waals surface area contributed by atoms with Crippen molar-refractivity contribution in [2.75, 3.05) is 25.3 Å². The first-order chi connectivity index (χ1) is 13.0. The largest absolute Gasteiger partial charge is 0.496 e. The lowest BCUT2D eigenvalue weighted by Crippen LogP contribution is -2.17. The Hall–Kier alpha value is -2.80. The first-order valence-electron chi connectivity index (χ1n) is 8.46. The molecule has 140 valence electrons. The predicted molar refractivity (Wildman–Crippen MR) is 110 cm³/mol. The van der Waals surface area contributed by atoms with E-state index in [4.69, 9.17) is 4.74 Å². The molecule has 0 bridgehead atoms. The van der Waals surface area contributed by atoms with Crippen LogP contribution in [-0.4, -0.2) is 35.4 Å². The molecule has 0 atom stereocenters. The summed E-state index contributed by atoms with van der Waals surface area (Å²) in [5.41, 5.74) is 2.43. The number of methoxy groups -OCH3 is 1. The van der Waals surface area contributed by atoms with E-state index in [0.29, 0.717) is 18.1 Å². The molecular weight excluding hydrogens is 360 g/mol. The van der Waals surface area contributed by atoms with Crippen LogP contribution in [0.2, 0.25) is 0 Å². The summed E-state index contributed by atoms with van der Waals surface area (Å²) >= 11 is 1.66. The number of ether oxygens (including phenoxy) is 1. The van der Waals surface area contributed by atoms with Crippen LogP contribution in [0.25, 0.3) is 11.4 Å². The molecule has 0 radical (unpaired) electrons. The molecule has 6 nitrogen and oxygen atoms in total. The van der Waals surface area contributed by atoms with Crippen molar-refractivity contribution < 1.29 is 4.74 Å². The number of rotatable bonds is 6.